The quantitative estimate of drug-likeness (QED) is 0.626. The van der Waals surface area contributed by atoms with E-state index in [4.69, 9.17) is 0 Å². The van der Waals surface area contributed by atoms with Crippen molar-refractivity contribution >= 4 is 17.7 Å². The maximum atomic E-state index is 14.9. The van der Waals surface area contributed by atoms with Gasteiger partial charge in [-0.3, -0.25) is 24.4 Å². The summed E-state index contributed by atoms with van der Waals surface area (Å²) in [6.07, 6.45) is 2.09. The van der Waals surface area contributed by atoms with E-state index in [0.29, 0.717) is 23.2 Å². The van der Waals surface area contributed by atoms with Crippen LogP contribution in [-0.4, -0.2) is 38.4 Å². The fraction of sp³-hybridized carbons (Fsp3) is 0.208. The van der Waals surface area contributed by atoms with Crippen LogP contribution in [0.15, 0.2) is 42.6 Å². The number of rotatable bonds is 3. The van der Waals surface area contributed by atoms with E-state index in [1.165, 1.54) is 11.0 Å². The number of nitriles is 1. The topological polar surface area (TPSA) is 108 Å². The molecule has 8 nitrogen and oxygen atoms in total. The molecule has 1 N–H and O–H groups in total. The summed E-state index contributed by atoms with van der Waals surface area (Å²) in [6.45, 7) is 0.238. The van der Waals surface area contributed by atoms with E-state index < -0.39 is 17.8 Å². The highest BCUT2D eigenvalue weighted by Crippen LogP contribution is 2.36. The number of piperidine rings is 1. The molecule has 2 aliphatic rings. The molecule has 33 heavy (non-hydrogen) atoms. The second-order valence-corrected chi connectivity index (χ2v) is 8.08. The minimum absolute atomic E-state index is 0.0564. The maximum absolute atomic E-state index is 14.9. The number of aromatic nitrogens is 2. The minimum Gasteiger partial charge on any atom is -0.322 e. The molecule has 1 atom stereocenters. The number of imide groups is 1. The lowest BCUT2D eigenvalue weighted by molar-refractivity contribution is -0.136. The second kappa shape index (κ2) is 7.67. The smallest absolute Gasteiger partial charge is 0.255 e. The number of benzene rings is 2. The number of fused-ring (bicyclic) bond motifs is 1. The lowest BCUT2D eigenvalue weighted by atomic mass is 9.97. The average Bonchev–Trinajstić information content (AvgIpc) is 3.33. The Morgan fingerprint density at radius 3 is 2.73 bits per heavy atom. The molecule has 5 rings (SSSR count). The number of halogens is 1. The first-order chi connectivity index (χ1) is 15.9. The Balaban J connectivity index is 1.52. The summed E-state index contributed by atoms with van der Waals surface area (Å²) in [4.78, 5) is 38.2. The number of carbonyl (C=O) groups excluding carboxylic acids is 3. The molecule has 0 saturated carbocycles. The average molecular weight is 443 g/mol. The third kappa shape index (κ3) is 3.27. The highest BCUT2D eigenvalue weighted by atomic mass is 19.1. The standard InChI is InChI=1S/C24H18FN5O3/c1-29-22(17-4-2-3-14(10-26)21(17)25)18(11-27-29)13-5-6-16-15(9-13)12-30(24(16)33)19-7-8-20(31)28-23(19)32/h2-6,9,11,19H,7-8,12H2,1H3,(H,28,31,32). The fourth-order valence-electron chi connectivity index (χ4n) is 4.51. The summed E-state index contributed by atoms with van der Waals surface area (Å²) in [7, 11) is 1.69. The van der Waals surface area contributed by atoms with Gasteiger partial charge in [0.15, 0.2) is 0 Å². The summed E-state index contributed by atoms with van der Waals surface area (Å²) >= 11 is 0. The second-order valence-electron chi connectivity index (χ2n) is 8.08. The molecule has 1 saturated heterocycles. The number of carbonyl (C=O) groups is 3. The molecule has 1 unspecified atom stereocenters. The molecule has 164 valence electrons. The van der Waals surface area contributed by atoms with E-state index in [-0.39, 0.29) is 35.9 Å². The molecule has 1 fully saturated rings. The van der Waals surface area contributed by atoms with E-state index in [9.17, 15) is 24.0 Å². The normalized spacial score (nSPS) is 17.7. The third-order valence-corrected chi connectivity index (χ3v) is 6.15. The van der Waals surface area contributed by atoms with E-state index in [2.05, 4.69) is 10.4 Å². The summed E-state index contributed by atoms with van der Waals surface area (Å²) in [5.41, 5.74) is 3.33. The van der Waals surface area contributed by atoms with Crippen LogP contribution >= 0.6 is 0 Å². The van der Waals surface area contributed by atoms with Gasteiger partial charge in [0, 0.05) is 36.7 Å². The van der Waals surface area contributed by atoms with Gasteiger partial charge in [-0.15, -0.1) is 0 Å². The third-order valence-electron chi connectivity index (χ3n) is 6.15. The van der Waals surface area contributed by atoms with Crippen LogP contribution in [0.4, 0.5) is 4.39 Å². The first-order valence-electron chi connectivity index (χ1n) is 10.4. The van der Waals surface area contributed by atoms with Crippen LogP contribution in [0.1, 0.15) is 34.3 Å². The first kappa shape index (κ1) is 20.6. The van der Waals surface area contributed by atoms with Gasteiger partial charge in [0.1, 0.15) is 17.9 Å². The van der Waals surface area contributed by atoms with Gasteiger partial charge in [-0.25, -0.2) is 4.39 Å². The Hall–Kier alpha value is -4.32. The van der Waals surface area contributed by atoms with Crippen molar-refractivity contribution in [3.63, 3.8) is 0 Å². The summed E-state index contributed by atoms with van der Waals surface area (Å²) in [6, 6.07) is 11.1. The largest absolute Gasteiger partial charge is 0.322 e. The predicted octanol–water partition coefficient (Wildman–Crippen LogP) is 2.53. The fourth-order valence-corrected chi connectivity index (χ4v) is 4.51. The van der Waals surface area contributed by atoms with E-state index >= 15 is 0 Å². The minimum atomic E-state index is -0.692. The van der Waals surface area contributed by atoms with Crippen molar-refractivity contribution < 1.29 is 18.8 Å². The number of hydrogen-bond donors (Lipinski definition) is 1. The van der Waals surface area contributed by atoms with Crippen molar-refractivity contribution in [1.82, 2.24) is 20.0 Å². The summed E-state index contributed by atoms with van der Waals surface area (Å²) in [5, 5.41) is 15.8. The van der Waals surface area contributed by atoms with Crippen molar-refractivity contribution in [2.45, 2.75) is 25.4 Å². The Kier molecular flexibility index (Phi) is 4.78. The molecule has 0 bridgehead atoms. The molecule has 2 aromatic carbocycles. The van der Waals surface area contributed by atoms with Crippen LogP contribution < -0.4 is 5.32 Å². The van der Waals surface area contributed by atoms with Crippen molar-refractivity contribution in [1.29, 1.82) is 5.26 Å². The van der Waals surface area contributed by atoms with Gasteiger partial charge >= 0.3 is 0 Å². The lowest BCUT2D eigenvalue weighted by Gasteiger charge is -2.29. The predicted molar refractivity (Wildman–Crippen MR) is 115 cm³/mol. The number of amides is 3. The van der Waals surface area contributed by atoms with Crippen LogP contribution in [0.5, 0.6) is 0 Å². The molecular formula is C24H18FN5O3. The molecule has 9 heteroatoms. The maximum Gasteiger partial charge on any atom is 0.255 e. The Labute approximate surface area is 188 Å². The van der Waals surface area contributed by atoms with E-state index in [0.717, 1.165) is 11.1 Å². The highest BCUT2D eigenvalue weighted by molar-refractivity contribution is 6.05. The van der Waals surface area contributed by atoms with Crippen LogP contribution in [-0.2, 0) is 23.2 Å². The number of hydrogen-bond acceptors (Lipinski definition) is 5. The molecule has 3 aromatic rings. The Morgan fingerprint density at radius 2 is 1.97 bits per heavy atom. The van der Waals surface area contributed by atoms with Gasteiger partial charge in [-0.2, -0.15) is 10.4 Å². The van der Waals surface area contributed by atoms with Crippen LogP contribution in [0.2, 0.25) is 0 Å². The molecule has 0 aliphatic carbocycles. The molecular weight excluding hydrogens is 425 g/mol. The van der Waals surface area contributed by atoms with E-state index in [1.807, 2.05) is 12.1 Å². The molecule has 3 amide bonds. The Morgan fingerprint density at radius 1 is 1.15 bits per heavy atom. The number of aryl methyl sites for hydroxylation is 1. The molecule has 1 aromatic heterocycles. The first-order valence-corrected chi connectivity index (χ1v) is 10.4. The van der Waals surface area contributed by atoms with Crippen LogP contribution in [0.25, 0.3) is 22.4 Å². The molecule has 0 radical (unpaired) electrons. The van der Waals surface area contributed by atoms with E-state index in [1.54, 1.807) is 42.2 Å². The lowest BCUT2D eigenvalue weighted by Crippen LogP contribution is -2.52. The Bertz CT molecular complexity index is 1390. The number of nitrogens with one attached hydrogen (secondary N) is 1. The van der Waals surface area contributed by atoms with Crippen LogP contribution in [0.3, 0.4) is 0 Å². The van der Waals surface area contributed by atoms with Gasteiger partial charge in [0.25, 0.3) is 5.91 Å². The zero-order chi connectivity index (χ0) is 23.3. The van der Waals surface area contributed by atoms with Crippen LogP contribution in [0, 0.1) is 17.1 Å². The number of nitrogens with zero attached hydrogens (tertiary/aromatic N) is 4. The van der Waals surface area contributed by atoms with Crippen molar-refractivity contribution in [2.75, 3.05) is 0 Å². The van der Waals surface area contributed by atoms with Gasteiger partial charge in [0.05, 0.1) is 17.5 Å². The summed E-state index contributed by atoms with van der Waals surface area (Å²) < 4.78 is 16.5. The zero-order valence-corrected chi connectivity index (χ0v) is 17.6. The van der Waals surface area contributed by atoms with Crippen molar-refractivity contribution in [3.8, 4) is 28.5 Å². The van der Waals surface area contributed by atoms with Gasteiger partial charge in [0.2, 0.25) is 11.8 Å². The van der Waals surface area contributed by atoms with Gasteiger partial charge < -0.3 is 4.90 Å². The monoisotopic (exact) mass is 443 g/mol. The van der Waals surface area contributed by atoms with Crippen molar-refractivity contribution in [2.24, 2.45) is 7.05 Å². The molecule has 3 heterocycles. The zero-order valence-electron chi connectivity index (χ0n) is 17.6. The van der Waals surface area contributed by atoms with Crippen molar-refractivity contribution in [3.05, 3.63) is 65.1 Å². The molecule has 2 aliphatic heterocycles. The SMILES string of the molecule is Cn1ncc(-c2ccc3c(c2)CN(C2CCC(=O)NC2=O)C3=O)c1-c1cccc(C#N)c1F. The summed E-state index contributed by atoms with van der Waals surface area (Å²) in [5.74, 6) is -1.68. The van der Waals surface area contributed by atoms with Gasteiger partial charge in [-0.05, 0) is 41.8 Å². The molecule has 0 spiro atoms. The highest BCUT2D eigenvalue weighted by Gasteiger charge is 2.39. The van der Waals surface area contributed by atoms with Gasteiger partial charge in [-0.1, -0.05) is 12.1 Å².